The molecular formula is C9H11NO2. The maximum Gasteiger partial charge on any atom is 0.127 e. The summed E-state index contributed by atoms with van der Waals surface area (Å²) in [5.74, 6) is 0.833. The molecule has 0 aliphatic carbocycles. The molecule has 0 unspecified atom stereocenters. The zero-order chi connectivity index (χ0) is 8.65. The van der Waals surface area contributed by atoms with Gasteiger partial charge in [0.1, 0.15) is 19.5 Å². The number of hydrogen-bond acceptors (Lipinski definition) is 3. The lowest BCUT2D eigenvalue weighted by Gasteiger charge is -2.00. The van der Waals surface area contributed by atoms with E-state index in [-0.39, 0.29) is 0 Å². The molecule has 0 fully saturated rings. The van der Waals surface area contributed by atoms with E-state index in [4.69, 9.17) is 4.74 Å². The minimum atomic E-state index is 0.428. The molecule has 0 spiro atoms. The molecule has 0 atom stereocenters. The topological polar surface area (TPSA) is 30.8 Å². The quantitative estimate of drug-likeness (QED) is 0.502. The van der Waals surface area contributed by atoms with E-state index >= 15 is 0 Å². The Hall–Kier alpha value is -1.51. The maximum atomic E-state index is 5.28. The van der Waals surface area contributed by atoms with E-state index in [2.05, 4.69) is 9.99 Å². The highest BCUT2D eigenvalue weighted by molar-refractivity contribution is 5.58. The summed E-state index contributed by atoms with van der Waals surface area (Å²) in [4.78, 5) is 4.47. The highest BCUT2D eigenvalue weighted by Gasteiger charge is 1.86. The summed E-state index contributed by atoms with van der Waals surface area (Å²) >= 11 is 0. The molecule has 3 nitrogen and oxygen atoms in total. The van der Waals surface area contributed by atoms with Crippen LogP contribution in [0.1, 0.15) is 0 Å². The average molecular weight is 165 g/mol. The van der Waals surface area contributed by atoms with Crippen molar-refractivity contribution in [2.75, 3.05) is 13.7 Å². The molecular weight excluding hydrogens is 154 g/mol. The fourth-order valence-corrected chi connectivity index (χ4v) is 0.755. The van der Waals surface area contributed by atoms with Crippen LogP contribution in [-0.4, -0.2) is 19.9 Å². The molecule has 12 heavy (non-hydrogen) atoms. The molecule has 1 rings (SSSR count). The van der Waals surface area contributed by atoms with Crippen LogP contribution in [-0.2, 0) is 4.84 Å². The lowest BCUT2D eigenvalue weighted by molar-refractivity contribution is 0.212. The van der Waals surface area contributed by atoms with Crippen molar-refractivity contribution in [1.29, 1.82) is 0 Å². The van der Waals surface area contributed by atoms with E-state index in [1.165, 1.54) is 7.11 Å². The predicted octanol–water partition coefficient (Wildman–Crippen LogP) is 1.70. The van der Waals surface area contributed by atoms with Gasteiger partial charge in [-0.25, -0.2) is 0 Å². The first-order valence-corrected chi connectivity index (χ1v) is 3.66. The third kappa shape index (κ3) is 3.05. The number of rotatable bonds is 4. The van der Waals surface area contributed by atoms with Gasteiger partial charge in [-0.1, -0.05) is 23.4 Å². The van der Waals surface area contributed by atoms with Gasteiger partial charge in [0.25, 0.3) is 0 Å². The van der Waals surface area contributed by atoms with Crippen molar-refractivity contribution >= 4 is 6.21 Å². The van der Waals surface area contributed by atoms with Gasteiger partial charge in [0.2, 0.25) is 0 Å². The monoisotopic (exact) mass is 165 g/mol. The van der Waals surface area contributed by atoms with Crippen LogP contribution in [0.25, 0.3) is 0 Å². The lowest BCUT2D eigenvalue weighted by Crippen LogP contribution is -1.97. The van der Waals surface area contributed by atoms with E-state index in [9.17, 15) is 0 Å². The molecule has 64 valence electrons. The van der Waals surface area contributed by atoms with Crippen LogP contribution < -0.4 is 4.74 Å². The van der Waals surface area contributed by atoms with Crippen LogP contribution in [0.5, 0.6) is 5.75 Å². The number of benzene rings is 1. The normalized spacial score (nSPS) is 10.1. The Kier molecular flexibility index (Phi) is 3.71. The highest BCUT2D eigenvalue weighted by atomic mass is 16.6. The smallest absolute Gasteiger partial charge is 0.127 e. The fraction of sp³-hybridized carbons (Fsp3) is 0.222. The number of para-hydroxylation sites is 1. The predicted molar refractivity (Wildman–Crippen MR) is 47.4 cm³/mol. The zero-order valence-corrected chi connectivity index (χ0v) is 6.93. The van der Waals surface area contributed by atoms with Crippen molar-refractivity contribution < 1.29 is 9.57 Å². The minimum Gasteiger partial charge on any atom is -0.488 e. The lowest BCUT2D eigenvalue weighted by atomic mass is 10.3. The first-order valence-electron chi connectivity index (χ1n) is 3.66. The van der Waals surface area contributed by atoms with Crippen molar-refractivity contribution in [3.63, 3.8) is 0 Å². The first-order chi connectivity index (χ1) is 5.93. The summed E-state index contributed by atoms with van der Waals surface area (Å²) in [6.07, 6.45) is 1.56. The van der Waals surface area contributed by atoms with E-state index in [0.29, 0.717) is 6.61 Å². The van der Waals surface area contributed by atoms with E-state index in [0.717, 1.165) is 5.75 Å². The molecule has 0 amide bonds. The number of nitrogens with zero attached hydrogens (tertiary/aromatic N) is 1. The van der Waals surface area contributed by atoms with Crippen molar-refractivity contribution in [3.8, 4) is 5.75 Å². The Morgan fingerprint density at radius 3 is 2.75 bits per heavy atom. The van der Waals surface area contributed by atoms with Crippen LogP contribution in [0.3, 0.4) is 0 Å². The Morgan fingerprint density at radius 2 is 2.08 bits per heavy atom. The van der Waals surface area contributed by atoms with E-state index in [1.807, 2.05) is 30.3 Å². The summed E-state index contributed by atoms with van der Waals surface area (Å²) in [6.45, 7) is 0.428. The second-order valence-electron chi connectivity index (χ2n) is 2.09. The standard InChI is InChI=1S/C9H11NO2/c1-11-10-7-8-12-9-5-3-2-4-6-9/h2-7H,8H2,1H3/b10-7+. The molecule has 0 bridgehead atoms. The largest absolute Gasteiger partial charge is 0.488 e. The van der Waals surface area contributed by atoms with Crippen LogP contribution in [0.4, 0.5) is 0 Å². The maximum absolute atomic E-state index is 5.28. The summed E-state index contributed by atoms with van der Waals surface area (Å²) in [5, 5.41) is 3.54. The summed E-state index contributed by atoms with van der Waals surface area (Å²) in [5.41, 5.74) is 0. The molecule has 1 aromatic carbocycles. The molecule has 0 radical (unpaired) electrons. The second kappa shape index (κ2) is 5.18. The Balaban J connectivity index is 2.29. The number of hydrogen-bond donors (Lipinski definition) is 0. The number of ether oxygens (including phenoxy) is 1. The number of oxime groups is 1. The van der Waals surface area contributed by atoms with Crippen molar-refractivity contribution in [2.45, 2.75) is 0 Å². The molecule has 0 aromatic heterocycles. The van der Waals surface area contributed by atoms with E-state index < -0.39 is 0 Å². The van der Waals surface area contributed by atoms with Gasteiger partial charge in [-0.05, 0) is 12.1 Å². The summed E-state index contributed by atoms with van der Waals surface area (Å²) in [6, 6.07) is 9.56. The molecule has 0 aliphatic rings. The SMILES string of the molecule is CO/N=C/COc1ccccc1. The Bertz CT molecular complexity index is 234. The Labute approximate surface area is 71.6 Å². The summed E-state index contributed by atoms with van der Waals surface area (Å²) < 4.78 is 5.28. The van der Waals surface area contributed by atoms with Crippen molar-refractivity contribution in [1.82, 2.24) is 0 Å². The van der Waals surface area contributed by atoms with Crippen LogP contribution >= 0.6 is 0 Å². The molecule has 1 aromatic rings. The Morgan fingerprint density at radius 1 is 1.33 bits per heavy atom. The van der Waals surface area contributed by atoms with Crippen LogP contribution in [0.15, 0.2) is 35.5 Å². The average Bonchev–Trinajstić information content (AvgIpc) is 2.14. The molecule has 0 saturated heterocycles. The molecule has 0 N–H and O–H groups in total. The third-order valence-corrected chi connectivity index (χ3v) is 1.25. The van der Waals surface area contributed by atoms with Gasteiger partial charge in [-0.2, -0.15) is 0 Å². The van der Waals surface area contributed by atoms with Crippen molar-refractivity contribution in [3.05, 3.63) is 30.3 Å². The van der Waals surface area contributed by atoms with Gasteiger partial charge in [-0.15, -0.1) is 0 Å². The van der Waals surface area contributed by atoms with Gasteiger partial charge in [0, 0.05) is 0 Å². The van der Waals surface area contributed by atoms with Gasteiger partial charge in [-0.3, -0.25) is 0 Å². The molecule has 0 saturated carbocycles. The van der Waals surface area contributed by atoms with Crippen molar-refractivity contribution in [2.24, 2.45) is 5.16 Å². The van der Waals surface area contributed by atoms with Crippen LogP contribution in [0, 0.1) is 0 Å². The molecule has 0 aliphatic heterocycles. The fourth-order valence-electron chi connectivity index (χ4n) is 0.755. The van der Waals surface area contributed by atoms with Crippen LogP contribution in [0.2, 0.25) is 0 Å². The highest BCUT2D eigenvalue weighted by Crippen LogP contribution is 2.06. The van der Waals surface area contributed by atoms with Gasteiger partial charge in [0.15, 0.2) is 0 Å². The molecule has 3 heteroatoms. The second-order valence-corrected chi connectivity index (χ2v) is 2.09. The zero-order valence-electron chi connectivity index (χ0n) is 6.93. The first kappa shape index (κ1) is 8.59. The third-order valence-electron chi connectivity index (χ3n) is 1.25. The molecule has 0 heterocycles. The van der Waals surface area contributed by atoms with Gasteiger partial charge >= 0.3 is 0 Å². The minimum absolute atomic E-state index is 0.428. The van der Waals surface area contributed by atoms with Gasteiger partial charge in [0.05, 0.1) is 6.21 Å². The van der Waals surface area contributed by atoms with E-state index in [1.54, 1.807) is 6.21 Å². The van der Waals surface area contributed by atoms with Gasteiger partial charge < -0.3 is 9.57 Å². The summed E-state index contributed by atoms with van der Waals surface area (Å²) in [7, 11) is 1.50.